The van der Waals surface area contributed by atoms with Crippen molar-refractivity contribution in [1.29, 1.82) is 0 Å². The maximum Gasteiger partial charge on any atom is 0.410 e. The van der Waals surface area contributed by atoms with Crippen molar-refractivity contribution < 1.29 is 14.6 Å². The molecule has 1 saturated heterocycles. The zero-order chi connectivity index (χ0) is 11.6. The van der Waals surface area contributed by atoms with Gasteiger partial charge in [0, 0.05) is 12.6 Å². The monoisotopic (exact) mass is 252 g/mol. The highest BCUT2D eigenvalue weighted by Crippen LogP contribution is 2.14. The number of piperidine rings is 1. The molecule has 1 aliphatic rings. The number of nitrogens with zero attached hydrogens (tertiary/aromatic N) is 1. The van der Waals surface area contributed by atoms with Gasteiger partial charge in [0.25, 0.3) is 0 Å². The van der Waals surface area contributed by atoms with Crippen molar-refractivity contribution in [3.05, 3.63) is 0 Å². The minimum atomic E-state index is -0.540. The second-order valence-corrected chi connectivity index (χ2v) is 5.03. The molecule has 5 nitrogen and oxygen atoms in total. The van der Waals surface area contributed by atoms with Crippen LogP contribution in [0.5, 0.6) is 0 Å². The molecule has 3 N–H and O–H groups in total. The molecule has 16 heavy (non-hydrogen) atoms. The Hall–Kier alpha value is -0.520. The van der Waals surface area contributed by atoms with Crippen LogP contribution in [0.3, 0.4) is 0 Å². The Morgan fingerprint density at radius 2 is 2.00 bits per heavy atom. The zero-order valence-electron chi connectivity index (χ0n) is 9.97. The van der Waals surface area contributed by atoms with Crippen LogP contribution in [0, 0.1) is 0 Å². The van der Waals surface area contributed by atoms with E-state index in [-0.39, 0.29) is 18.4 Å². The quantitative estimate of drug-likeness (QED) is 0.667. The molecule has 1 aliphatic heterocycles. The first-order valence-corrected chi connectivity index (χ1v) is 5.19. The molecular weight excluding hydrogens is 232 g/mol. The average molecular weight is 253 g/mol. The van der Waals surface area contributed by atoms with Crippen molar-refractivity contribution in [3.8, 4) is 0 Å². The molecule has 0 bridgehead atoms. The van der Waals surface area contributed by atoms with Crippen LogP contribution in [0.15, 0.2) is 0 Å². The second-order valence-electron chi connectivity index (χ2n) is 5.03. The van der Waals surface area contributed by atoms with Crippen molar-refractivity contribution in [2.75, 3.05) is 13.1 Å². The fraction of sp³-hybridized carbons (Fsp3) is 0.900. The van der Waals surface area contributed by atoms with Gasteiger partial charge in [0.05, 0.1) is 12.6 Å². The molecule has 0 aromatic heterocycles. The highest BCUT2D eigenvalue weighted by atomic mass is 35.5. The van der Waals surface area contributed by atoms with Crippen LogP contribution in [0.4, 0.5) is 4.79 Å². The number of hydrogen-bond donors (Lipinski definition) is 2. The predicted octanol–water partition coefficient (Wildman–Crippen LogP) is 0.737. The summed E-state index contributed by atoms with van der Waals surface area (Å²) in [6.07, 6.45) is -0.405. The number of β-amino-alcohol motifs (C(OH)–C–C–N with tert-alkyl or cyclic N) is 1. The summed E-state index contributed by atoms with van der Waals surface area (Å²) < 4.78 is 5.19. The Morgan fingerprint density at radius 3 is 2.44 bits per heavy atom. The summed E-state index contributed by atoms with van der Waals surface area (Å²) in [7, 11) is 0. The first-order valence-electron chi connectivity index (χ1n) is 5.19. The Balaban J connectivity index is 0.00000225. The van der Waals surface area contributed by atoms with Gasteiger partial charge in [-0.25, -0.2) is 4.79 Å². The number of aliphatic hydroxyl groups is 1. The number of halogens is 1. The third-order valence-electron chi connectivity index (χ3n) is 2.11. The molecular formula is C10H21ClN2O3. The molecule has 0 saturated carbocycles. The Kier molecular flexibility index (Phi) is 5.52. The summed E-state index contributed by atoms with van der Waals surface area (Å²) in [6.45, 7) is 6.19. The zero-order valence-corrected chi connectivity index (χ0v) is 10.8. The van der Waals surface area contributed by atoms with Crippen molar-refractivity contribution in [2.45, 2.75) is 44.9 Å². The third-order valence-corrected chi connectivity index (χ3v) is 2.11. The number of rotatable bonds is 0. The average Bonchev–Trinajstić information content (AvgIpc) is 1.98. The fourth-order valence-electron chi connectivity index (χ4n) is 1.59. The van der Waals surface area contributed by atoms with E-state index in [0.29, 0.717) is 19.5 Å². The number of likely N-dealkylation sites (tertiary alicyclic amines) is 1. The van der Waals surface area contributed by atoms with Gasteiger partial charge in [-0.2, -0.15) is 0 Å². The lowest BCUT2D eigenvalue weighted by atomic mass is 10.0. The second kappa shape index (κ2) is 5.70. The van der Waals surface area contributed by atoms with E-state index in [1.54, 1.807) is 0 Å². The largest absolute Gasteiger partial charge is 0.444 e. The molecule has 0 aliphatic carbocycles. The van der Waals surface area contributed by atoms with Gasteiger partial charge < -0.3 is 20.5 Å². The normalized spacial score (nSPS) is 25.9. The van der Waals surface area contributed by atoms with Crippen LogP contribution in [0.25, 0.3) is 0 Å². The van der Waals surface area contributed by atoms with Crippen LogP contribution >= 0.6 is 12.4 Å². The van der Waals surface area contributed by atoms with Gasteiger partial charge in [0.1, 0.15) is 5.60 Å². The number of carbonyl (C=O) groups excluding carboxylic acids is 1. The summed E-state index contributed by atoms with van der Waals surface area (Å²) >= 11 is 0. The van der Waals surface area contributed by atoms with Gasteiger partial charge in [0.2, 0.25) is 0 Å². The minimum absolute atomic E-state index is 0. The molecule has 6 heteroatoms. The van der Waals surface area contributed by atoms with E-state index in [0.717, 1.165) is 0 Å². The van der Waals surface area contributed by atoms with Gasteiger partial charge in [0.15, 0.2) is 0 Å². The maximum absolute atomic E-state index is 11.6. The number of aliphatic hydroxyl groups excluding tert-OH is 1. The van der Waals surface area contributed by atoms with Crippen LogP contribution in [-0.2, 0) is 4.74 Å². The summed E-state index contributed by atoms with van der Waals surface area (Å²) in [6, 6.07) is -0.165. The van der Waals surface area contributed by atoms with Crippen LogP contribution in [0.2, 0.25) is 0 Å². The first kappa shape index (κ1) is 15.5. The predicted molar refractivity (Wildman–Crippen MR) is 63.7 cm³/mol. The maximum atomic E-state index is 11.6. The van der Waals surface area contributed by atoms with Gasteiger partial charge in [-0.1, -0.05) is 0 Å². The summed E-state index contributed by atoms with van der Waals surface area (Å²) in [4.78, 5) is 13.1. The van der Waals surface area contributed by atoms with Crippen LogP contribution in [0.1, 0.15) is 27.2 Å². The van der Waals surface area contributed by atoms with Crippen LogP contribution in [-0.4, -0.2) is 46.9 Å². The minimum Gasteiger partial charge on any atom is -0.444 e. The number of hydrogen-bond acceptors (Lipinski definition) is 4. The van der Waals surface area contributed by atoms with Gasteiger partial charge in [-0.15, -0.1) is 12.4 Å². The third kappa shape index (κ3) is 5.01. The standard InChI is InChI=1S/C10H20N2O3.ClH/c1-10(2,3)15-9(14)12-5-7(11)4-8(13)6-12;/h7-8,13H,4-6,11H2,1-3H3;1H. The number of nitrogens with two attached hydrogens (primary N) is 1. The SMILES string of the molecule is CC(C)(C)OC(=O)N1CC(N)CC(O)C1.Cl. The number of carbonyl (C=O) groups is 1. The molecule has 96 valence electrons. The van der Waals surface area contributed by atoms with E-state index >= 15 is 0 Å². The molecule has 0 aromatic carbocycles. The molecule has 1 rings (SSSR count). The summed E-state index contributed by atoms with van der Waals surface area (Å²) in [5, 5.41) is 9.47. The molecule has 2 unspecified atom stereocenters. The molecule has 0 spiro atoms. The molecule has 2 atom stereocenters. The Bertz CT molecular complexity index is 233. The van der Waals surface area contributed by atoms with Crippen molar-refractivity contribution in [1.82, 2.24) is 4.90 Å². The van der Waals surface area contributed by atoms with Crippen molar-refractivity contribution in [2.24, 2.45) is 5.73 Å². The lowest BCUT2D eigenvalue weighted by molar-refractivity contribution is 0.000482. The van der Waals surface area contributed by atoms with Crippen molar-refractivity contribution in [3.63, 3.8) is 0 Å². The van der Waals surface area contributed by atoms with Gasteiger partial charge in [-0.05, 0) is 27.2 Å². The molecule has 0 radical (unpaired) electrons. The van der Waals surface area contributed by atoms with E-state index in [4.69, 9.17) is 10.5 Å². The molecule has 1 fully saturated rings. The summed E-state index contributed by atoms with van der Waals surface area (Å²) in [5.41, 5.74) is 5.20. The smallest absolute Gasteiger partial charge is 0.410 e. The molecule has 1 heterocycles. The first-order chi connectivity index (χ1) is 6.78. The fourth-order valence-corrected chi connectivity index (χ4v) is 1.59. The number of ether oxygens (including phenoxy) is 1. The Labute approximate surface area is 102 Å². The van der Waals surface area contributed by atoms with E-state index in [1.165, 1.54) is 4.90 Å². The van der Waals surface area contributed by atoms with E-state index in [2.05, 4.69) is 0 Å². The highest BCUT2D eigenvalue weighted by Gasteiger charge is 2.29. The van der Waals surface area contributed by atoms with Crippen molar-refractivity contribution >= 4 is 18.5 Å². The van der Waals surface area contributed by atoms with E-state index in [1.807, 2.05) is 20.8 Å². The number of amides is 1. The lowest BCUT2D eigenvalue weighted by Crippen LogP contribution is -2.52. The molecule has 1 amide bonds. The lowest BCUT2D eigenvalue weighted by Gasteiger charge is -2.35. The van der Waals surface area contributed by atoms with Crippen LogP contribution < -0.4 is 5.73 Å². The highest BCUT2D eigenvalue weighted by molar-refractivity contribution is 5.85. The van der Waals surface area contributed by atoms with E-state index < -0.39 is 17.8 Å². The van der Waals surface area contributed by atoms with E-state index in [9.17, 15) is 9.90 Å². The summed E-state index contributed by atoms with van der Waals surface area (Å²) in [5.74, 6) is 0. The topological polar surface area (TPSA) is 75.8 Å². The Morgan fingerprint density at radius 1 is 1.44 bits per heavy atom. The van der Waals surface area contributed by atoms with Gasteiger partial charge >= 0.3 is 6.09 Å². The van der Waals surface area contributed by atoms with Gasteiger partial charge in [-0.3, -0.25) is 0 Å². The molecule has 0 aromatic rings.